The lowest BCUT2D eigenvalue weighted by Crippen LogP contribution is -2.46. The SMILES string of the molecule is Cn1c(-c2ccc(NC(=O)CN3CCNCC3)cc2)nc2ccccc21. The van der Waals surface area contributed by atoms with Gasteiger partial charge in [-0.3, -0.25) is 9.69 Å². The Kier molecular flexibility index (Phi) is 4.69. The van der Waals surface area contributed by atoms with E-state index in [4.69, 9.17) is 4.98 Å². The summed E-state index contributed by atoms with van der Waals surface area (Å²) in [6.07, 6.45) is 0. The molecule has 1 aliphatic rings. The fourth-order valence-corrected chi connectivity index (χ4v) is 3.38. The van der Waals surface area contributed by atoms with Crippen molar-refractivity contribution >= 4 is 22.6 Å². The van der Waals surface area contributed by atoms with Crippen molar-refractivity contribution in [1.82, 2.24) is 19.8 Å². The minimum atomic E-state index is 0.0300. The van der Waals surface area contributed by atoms with E-state index >= 15 is 0 Å². The Balaban J connectivity index is 1.46. The number of piperazine rings is 1. The van der Waals surface area contributed by atoms with Crippen LogP contribution in [0.4, 0.5) is 5.69 Å². The highest BCUT2D eigenvalue weighted by Crippen LogP contribution is 2.24. The molecule has 1 aromatic heterocycles. The number of carbonyl (C=O) groups excluding carboxylic acids is 1. The number of hydrogen-bond donors (Lipinski definition) is 2. The lowest BCUT2D eigenvalue weighted by molar-refractivity contribution is -0.117. The molecule has 134 valence electrons. The van der Waals surface area contributed by atoms with Gasteiger partial charge < -0.3 is 15.2 Å². The van der Waals surface area contributed by atoms with Crippen molar-refractivity contribution in [3.05, 3.63) is 48.5 Å². The van der Waals surface area contributed by atoms with Gasteiger partial charge in [-0.05, 0) is 36.4 Å². The number of carbonyl (C=O) groups is 1. The molecule has 1 fully saturated rings. The van der Waals surface area contributed by atoms with Gasteiger partial charge in [0.2, 0.25) is 5.91 Å². The minimum absolute atomic E-state index is 0.0300. The predicted molar refractivity (Wildman–Crippen MR) is 104 cm³/mol. The number of aryl methyl sites for hydroxylation is 1. The van der Waals surface area contributed by atoms with Crippen LogP contribution in [0.25, 0.3) is 22.4 Å². The molecule has 0 radical (unpaired) electrons. The van der Waals surface area contributed by atoms with E-state index in [1.807, 2.05) is 49.5 Å². The first-order chi connectivity index (χ1) is 12.7. The van der Waals surface area contributed by atoms with E-state index in [1.165, 1.54) is 0 Å². The van der Waals surface area contributed by atoms with Crippen LogP contribution in [-0.4, -0.2) is 53.1 Å². The first-order valence-corrected chi connectivity index (χ1v) is 8.95. The monoisotopic (exact) mass is 349 g/mol. The van der Waals surface area contributed by atoms with Crippen LogP contribution in [0.2, 0.25) is 0 Å². The molecule has 1 aliphatic heterocycles. The predicted octanol–water partition coefficient (Wildman–Crippen LogP) is 2.08. The molecule has 2 heterocycles. The maximum Gasteiger partial charge on any atom is 0.238 e. The van der Waals surface area contributed by atoms with Gasteiger partial charge in [-0.25, -0.2) is 4.98 Å². The second-order valence-corrected chi connectivity index (χ2v) is 6.63. The molecule has 0 unspecified atom stereocenters. The Labute approximate surface area is 152 Å². The van der Waals surface area contributed by atoms with E-state index in [1.54, 1.807) is 0 Å². The van der Waals surface area contributed by atoms with E-state index in [0.29, 0.717) is 6.54 Å². The van der Waals surface area contributed by atoms with E-state index in [2.05, 4.69) is 26.2 Å². The molecular weight excluding hydrogens is 326 g/mol. The first kappa shape index (κ1) is 16.8. The number of rotatable bonds is 4. The molecule has 2 N–H and O–H groups in total. The van der Waals surface area contributed by atoms with Gasteiger partial charge in [0.25, 0.3) is 0 Å². The zero-order valence-corrected chi connectivity index (χ0v) is 14.9. The van der Waals surface area contributed by atoms with Gasteiger partial charge in [-0.2, -0.15) is 0 Å². The lowest BCUT2D eigenvalue weighted by Gasteiger charge is -2.26. The van der Waals surface area contributed by atoms with Crippen molar-refractivity contribution in [2.24, 2.45) is 7.05 Å². The van der Waals surface area contributed by atoms with Crippen molar-refractivity contribution in [2.75, 3.05) is 38.0 Å². The molecule has 1 amide bonds. The number of benzene rings is 2. The van der Waals surface area contributed by atoms with Crippen molar-refractivity contribution in [1.29, 1.82) is 0 Å². The summed E-state index contributed by atoms with van der Waals surface area (Å²) in [5.41, 5.74) is 3.94. The van der Waals surface area contributed by atoms with E-state index < -0.39 is 0 Å². The maximum absolute atomic E-state index is 12.2. The molecule has 0 saturated carbocycles. The summed E-state index contributed by atoms with van der Waals surface area (Å²) >= 11 is 0. The van der Waals surface area contributed by atoms with Crippen molar-refractivity contribution < 1.29 is 4.79 Å². The number of imidazole rings is 1. The summed E-state index contributed by atoms with van der Waals surface area (Å²) in [5, 5.41) is 6.27. The third kappa shape index (κ3) is 3.47. The van der Waals surface area contributed by atoms with Crippen molar-refractivity contribution in [3.63, 3.8) is 0 Å². The molecule has 0 bridgehead atoms. The highest BCUT2D eigenvalue weighted by Gasteiger charge is 2.14. The molecule has 26 heavy (non-hydrogen) atoms. The van der Waals surface area contributed by atoms with Crippen LogP contribution >= 0.6 is 0 Å². The summed E-state index contributed by atoms with van der Waals surface area (Å²) in [5.74, 6) is 0.951. The van der Waals surface area contributed by atoms with Gasteiger partial charge in [0, 0.05) is 44.5 Å². The van der Waals surface area contributed by atoms with Gasteiger partial charge in [-0.15, -0.1) is 0 Å². The van der Waals surface area contributed by atoms with Gasteiger partial charge >= 0.3 is 0 Å². The molecule has 0 aliphatic carbocycles. The normalized spacial score (nSPS) is 15.3. The number of hydrogen-bond acceptors (Lipinski definition) is 4. The number of fused-ring (bicyclic) bond motifs is 1. The van der Waals surface area contributed by atoms with Crippen LogP contribution in [0, 0.1) is 0 Å². The smallest absolute Gasteiger partial charge is 0.238 e. The number of anilines is 1. The molecule has 2 aromatic carbocycles. The summed E-state index contributed by atoms with van der Waals surface area (Å²) in [6, 6.07) is 16.0. The number of nitrogens with one attached hydrogen (secondary N) is 2. The van der Waals surface area contributed by atoms with Gasteiger partial charge in [0.05, 0.1) is 17.6 Å². The van der Waals surface area contributed by atoms with Crippen molar-refractivity contribution in [3.8, 4) is 11.4 Å². The molecule has 6 heteroatoms. The van der Waals surface area contributed by atoms with Gasteiger partial charge in [0.1, 0.15) is 5.82 Å². The Morgan fingerprint density at radius 1 is 1.12 bits per heavy atom. The molecule has 0 spiro atoms. The minimum Gasteiger partial charge on any atom is -0.327 e. The van der Waals surface area contributed by atoms with E-state index in [-0.39, 0.29) is 5.91 Å². The molecular formula is C20H23N5O. The number of amides is 1. The first-order valence-electron chi connectivity index (χ1n) is 8.95. The topological polar surface area (TPSA) is 62.2 Å². The fraction of sp³-hybridized carbons (Fsp3) is 0.300. The average molecular weight is 349 g/mol. The number of para-hydroxylation sites is 2. The molecule has 6 nitrogen and oxygen atoms in total. The highest BCUT2D eigenvalue weighted by atomic mass is 16.2. The number of aromatic nitrogens is 2. The van der Waals surface area contributed by atoms with Gasteiger partial charge in [0.15, 0.2) is 0 Å². The van der Waals surface area contributed by atoms with E-state index in [0.717, 1.165) is 54.3 Å². The van der Waals surface area contributed by atoms with Crippen LogP contribution < -0.4 is 10.6 Å². The Hall–Kier alpha value is -2.70. The zero-order chi connectivity index (χ0) is 17.9. The van der Waals surface area contributed by atoms with E-state index in [9.17, 15) is 4.79 Å². The molecule has 3 aromatic rings. The second kappa shape index (κ2) is 7.27. The van der Waals surface area contributed by atoms with Crippen LogP contribution in [0.5, 0.6) is 0 Å². The largest absolute Gasteiger partial charge is 0.327 e. The highest BCUT2D eigenvalue weighted by molar-refractivity contribution is 5.92. The lowest BCUT2D eigenvalue weighted by atomic mass is 10.2. The summed E-state index contributed by atoms with van der Waals surface area (Å²) in [7, 11) is 2.02. The summed E-state index contributed by atoms with van der Waals surface area (Å²) in [4.78, 5) is 19.1. The van der Waals surface area contributed by atoms with Crippen LogP contribution in [0.1, 0.15) is 0 Å². The maximum atomic E-state index is 12.2. The third-order valence-electron chi connectivity index (χ3n) is 4.79. The quantitative estimate of drug-likeness (QED) is 0.757. The summed E-state index contributed by atoms with van der Waals surface area (Å²) < 4.78 is 2.09. The fourth-order valence-electron chi connectivity index (χ4n) is 3.38. The van der Waals surface area contributed by atoms with Gasteiger partial charge in [-0.1, -0.05) is 12.1 Å². The summed E-state index contributed by atoms with van der Waals surface area (Å²) in [6.45, 7) is 4.16. The number of nitrogens with zero attached hydrogens (tertiary/aromatic N) is 3. The molecule has 1 saturated heterocycles. The standard InChI is InChI=1S/C20H23N5O/c1-24-18-5-3-2-4-17(18)23-20(24)15-6-8-16(9-7-15)22-19(26)14-25-12-10-21-11-13-25/h2-9,21H,10-14H2,1H3,(H,22,26). The van der Waals surface area contributed by atoms with Crippen LogP contribution in [0.15, 0.2) is 48.5 Å². The van der Waals surface area contributed by atoms with Crippen LogP contribution in [-0.2, 0) is 11.8 Å². The molecule has 0 atom stereocenters. The Bertz CT molecular complexity index is 910. The Morgan fingerprint density at radius 2 is 1.85 bits per heavy atom. The molecule has 4 rings (SSSR count). The average Bonchev–Trinajstić information content (AvgIpc) is 3.00. The third-order valence-corrected chi connectivity index (χ3v) is 4.79. The zero-order valence-electron chi connectivity index (χ0n) is 14.9. The van der Waals surface area contributed by atoms with Crippen molar-refractivity contribution in [2.45, 2.75) is 0 Å². The second-order valence-electron chi connectivity index (χ2n) is 6.63. The Morgan fingerprint density at radius 3 is 2.58 bits per heavy atom. The van der Waals surface area contributed by atoms with Crippen LogP contribution in [0.3, 0.4) is 0 Å².